The van der Waals surface area contributed by atoms with Gasteiger partial charge in [-0.1, -0.05) is 29.8 Å². The SMILES string of the molecule is CC(=O)N1CCN(C(=O)CS(=O)c2cc(Cl)c3oc4ccccc4c3c2)CC1. The van der Waals surface area contributed by atoms with E-state index in [0.29, 0.717) is 47.3 Å². The van der Waals surface area contributed by atoms with Gasteiger partial charge in [0.2, 0.25) is 11.8 Å². The second kappa shape index (κ2) is 7.56. The molecule has 4 rings (SSSR count). The Kier molecular flexibility index (Phi) is 5.12. The van der Waals surface area contributed by atoms with Crippen molar-refractivity contribution in [3.63, 3.8) is 0 Å². The second-order valence-electron chi connectivity index (χ2n) is 6.76. The number of piperazine rings is 1. The Bertz CT molecular complexity index is 1100. The van der Waals surface area contributed by atoms with Crippen LogP contribution >= 0.6 is 11.6 Å². The number of benzene rings is 2. The lowest BCUT2D eigenvalue weighted by molar-refractivity contribution is -0.136. The van der Waals surface area contributed by atoms with Crippen molar-refractivity contribution in [1.82, 2.24) is 9.80 Å². The number of para-hydroxylation sites is 1. The Morgan fingerprint density at radius 1 is 1.07 bits per heavy atom. The molecule has 2 aromatic carbocycles. The van der Waals surface area contributed by atoms with Crippen LogP contribution in [-0.4, -0.2) is 57.8 Å². The highest BCUT2D eigenvalue weighted by molar-refractivity contribution is 7.85. The number of nitrogens with zero attached hydrogens (tertiary/aromatic N) is 2. The molecule has 1 fully saturated rings. The minimum atomic E-state index is -1.52. The molecule has 1 saturated heterocycles. The summed E-state index contributed by atoms with van der Waals surface area (Å²) in [6.07, 6.45) is 0. The molecule has 8 heteroatoms. The molecule has 0 radical (unpaired) electrons. The van der Waals surface area contributed by atoms with Gasteiger partial charge < -0.3 is 14.2 Å². The van der Waals surface area contributed by atoms with Crippen molar-refractivity contribution in [2.24, 2.45) is 0 Å². The van der Waals surface area contributed by atoms with E-state index in [0.717, 1.165) is 10.8 Å². The summed E-state index contributed by atoms with van der Waals surface area (Å²) in [5.74, 6) is -0.293. The average Bonchev–Trinajstić information content (AvgIpc) is 3.07. The molecule has 3 aromatic rings. The van der Waals surface area contributed by atoms with Gasteiger partial charge in [0.1, 0.15) is 11.3 Å². The first-order chi connectivity index (χ1) is 13.4. The zero-order valence-electron chi connectivity index (χ0n) is 15.3. The number of hydrogen-bond acceptors (Lipinski definition) is 4. The van der Waals surface area contributed by atoms with Gasteiger partial charge in [-0.3, -0.25) is 13.8 Å². The quantitative estimate of drug-likeness (QED) is 0.655. The molecular formula is C20H19ClN2O4S. The van der Waals surface area contributed by atoms with Crippen LogP contribution in [0.4, 0.5) is 0 Å². The van der Waals surface area contributed by atoms with Crippen LogP contribution in [0.25, 0.3) is 21.9 Å². The maximum absolute atomic E-state index is 12.8. The molecule has 0 aliphatic carbocycles. The molecule has 1 aliphatic rings. The molecule has 1 atom stereocenters. The van der Waals surface area contributed by atoms with E-state index in [1.807, 2.05) is 24.3 Å². The molecule has 6 nitrogen and oxygen atoms in total. The zero-order chi connectivity index (χ0) is 19.8. The number of furan rings is 1. The number of carbonyl (C=O) groups is 2. The largest absolute Gasteiger partial charge is 0.454 e. The molecule has 0 saturated carbocycles. The summed E-state index contributed by atoms with van der Waals surface area (Å²) in [5.41, 5.74) is 1.26. The molecule has 1 aromatic heterocycles. The van der Waals surface area contributed by atoms with E-state index >= 15 is 0 Å². The molecular weight excluding hydrogens is 400 g/mol. The number of hydrogen-bond donors (Lipinski definition) is 0. The zero-order valence-corrected chi connectivity index (χ0v) is 16.9. The van der Waals surface area contributed by atoms with Gasteiger partial charge >= 0.3 is 0 Å². The van der Waals surface area contributed by atoms with Gasteiger partial charge in [-0.2, -0.15) is 0 Å². The van der Waals surface area contributed by atoms with Gasteiger partial charge in [-0.25, -0.2) is 0 Å². The van der Waals surface area contributed by atoms with Gasteiger partial charge in [0.15, 0.2) is 5.58 Å². The van der Waals surface area contributed by atoms with Crippen LogP contribution in [0.3, 0.4) is 0 Å². The van der Waals surface area contributed by atoms with Crippen LogP contribution in [0.15, 0.2) is 45.7 Å². The molecule has 1 unspecified atom stereocenters. The number of rotatable bonds is 3. The minimum Gasteiger partial charge on any atom is -0.454 e. The number of fused-ring (bicyclic) bond motifs is 3. The van der Waals surface area contributed by atoms with E-state index in [9.17, 15) is 13.8 Å². The summed E-state index contributed by atoms with van der Waals surface area (Å²) in [6, 6.07) is 10.9. The fourth-order valence-electron chi connectivity index (χ4n) is 3.45. The molecule has 0 N–H and O–H groups in total. The van der Waals surface area contributed by atoms with Crippen molar-refractivity contribution in [3.05, 3.63) is 41.4 Å². The molecule has 2 heterocycles. The summed E-state index contributed by atoms with van der Waals surface area (Å²) < 4.78 is 18.6. The standard InChI is InChI=1S/C20H19ClN2O4S/c1-13(24)22-6-8-23(9-7-22)19(25)12-28(26)14-10-16-15-4-2-3-5-18(15)27-20(16)17(21)11-14/h2-5,10-11H,6-9,12H2,1H3. The lowest BCUT2D eigenvalue weighted by Crippen LogP contribution is -2.51. The van der Waals surface area contributed by atoms with Crippen molar-refractivity contribution in [3.8, 4) is 0 Å². The fraction of sp³-hybridized carbons (Fsp3) is 0.300. The van der Waals surface area contributed by atoms with E-state index in [4.69, 9.17) is 16.0 Å². The molecule has 0 bridgehead atoms. The predicted octanol–water partition coefficient (Wildman–Crippen LogP) is 3.04. The first-order valence-electron chi connectivity index (χ1n) is 8.96. The molecule has 28 heavy (non-hydrogen) atoms. The third kappa shape index (κ3) is 3.52. The highest BCUT2D eigenvalue weighted by Gasteiger charge is 2.24. The van der Waals surface area contributed by atoms with E-state index in [1.165, 1.54) is 6.92 Å². The van der Waals surface area contributed by atoms with Crippen LogP contribution in [0.1, 0.15) is 6.92 Å². The van der Waals surface area contributed by atoms with Crippen molar-refractivity contribution in [2.45, 2.75) is 11.8 Å². The van der Waals surface area contributed by atoms with Crippen LogP contribution < -0.4 is 0 Å². The topological polar surface area (TPSA) is 70.8 Å². The lowest BCUT2D eigenvalue weighted by atomic mass is 10.1. The first-order valence-corrected chi connectivity index (χ1v) is 10.7. The van der Waals surface area contributed by atoms with Crippen LogP contribution in [0, 0.1) is 0 Å². The van der Waals surface area contributed by atoms with E-state index in [1.54, 1.807) is 21.9 Å². The van der Waals surface area contributed by atoms with E-state index in [-0.39, 0.29) is 17.6 Å². The summed E-state index contributed by atoms with van der Waals surface area (Å²) in [5, 5.41) is 2.05. The molecule has 146 valence electrons. The Morgan fingerprint density at radius 2 is 1.75 bits per heavy atom. The smallest absolute Gasteiger partial charge is 0.235 e. The molecule has 1 aliphatic heterocycles. The monoisotopic (exact) mass is 418 g/mol. The summed E-state index contributed by atoms with van der Waals surface area (Å²) in [7, 11) is -1.52. The Hall–Kier alpha value is -2.38. The van der Waals surface area contributed by atoms with Crippen molar-refractivity contribution in [1.29, 1.82) is 0 Å². The van der Waals surface area contributed by atoms with Crippen molar-refractivity contribution >= 4 is 56.2 Å². The summed E-state index contributed by atoms with van der Waals surface area (Å²) in [4.78, 5) is 27.8. The highest BCUT2D eigenvalue weighted by atomic mass is 35.5. The summed E-state index contributed by atoms with van der Waals surface area (Å²) >= 11 is 6.35. The normalized spacial score (nSPS) is 15.9. The number of amides is 2. The minimum absolute atomic E-state index is 0.00552. The number of halogens is 1. The van der Waals surface area contributed by atoms with Crippen molar-refractivity contribution in [2.75, 3.05) is 31.9 Å². The Balaban J connectivity index is 1.53. The van der Waals surface area contributed by atoms with Gasteiger partial charge in [-0.15, -0.1) is 0 Å². The Morgan fingerprint density at radius 3 is 2.46 bits per heavy atom. The maximum atomic E-state index is 12.8. The predicted molar refractivity (Wildman–Crippen MR) is 109 cm³/mol. The third-order valence-corrected chi connectivity index (χ3v) is 6.55. The molecule has 0 spiro atoms. The van der Waals surface area contributed by atoms with Crippen molar-refractivity contribution < 1.29 is 18.2 Å². The van der Waals surface area contributed by atoms with E-state index < -0.39 is 10.8 Å². The van der Waals surface area contributed by atoms with Crippen LogP contribution in [0.2, 0.25) is 5.02 Å². The van der Waals surface area contributed by atoms with Gasteiger partial charge in [0.05, 0.1) is 15.8 Å². The third-order valence-electron chi connectivity index (χ3n) is 5.00. The van der Waals surface area contributed by atoms with Gasteiger partial charge in [0.25, 0.3) is 0 Å². The lowest BCUT2D eigenvalue weighted by Gasteiger charge is -2.34. The summed E-state index contributed by atoms with van der Waals surface area (Å²) in [6.45, 7) is 3.45. The second-order valence-corrected chi connectivity index (χ2v) is 8.62. The van der Waals surface area contributed by atoms with E-state index in [2.05, 4.69) is 0 Å². The highest BCUT2D eigenvalue weighted by Crippen LogP contribution is 2.35. The Labute approximate surface area is 169 Å². The van der Waals surface area contributed by atoms with Gasteiger partial charge in [-0.05, 0) is 18.2 Å². The van der Waals surface area contributed by atoms with Gasteiger partial charge in [0, 0.05) is 48.8 Å². The average molecular weight is 419 g/mol. The number of carbonyl (C=O) groups excluding carboxylic acids is 2. The maximum Gasteiger partial charge on any atom is 0.235 e. The van der Waals surface area contributed by atoms with Crippen LogP contribution in [0.5, 0.6) is 0 Å². The fourth-order valence-corrected chi connectivity index (χ4v) is 4.84. The molecule has 2 amide bonds. The van der Waals surface area contributed by atoms with Crippen LogP contribution in [-0.2, 0) is 20.4 Å². The first kappa shape index (κ1) is 19.0.